The van der Waals surface area contributed by atoms with E-state index in [1.54, 1.807) is 30.2 Å². The first kappa shape index (κ1) is 21.2. The van der Waals surface area contributed by atoms with Crippen molar-refractivity contribution in [2.45, 2.75) is 12.6 Å². The number of rotatable bonds is 8. The second kappa shape index (κ2) is 10.3. The second-order valence-electron chi connectivity index (χ2n) is 7.15. The van der Waals surface area contributed by atoms with Crippen LogP contribution in [0.1, 0.15) is 15.9 Å². The van der Waals surface area contributed by atoms with Gasteiger partial charge in [-0.25, -0.2) is 4.39 Å². The number of aromatic hydroxyl groups is 1. The van der Waals surface area contributed by atoms with Crippen molar-refractivity contribution in [1.82, 2.24) is 9.80 Å². The van der Waals surface area contributed by atoms with Crippen LogP contribution in [0.2, 0.25) is 0 Å². The third-order valence-corrected chi connectivity index (χ3v) is 4.91. The number of phenolic OH excluding ortho intramolecular Hbond substituents is 1. The lowest BCUT2D eigenvalue weighted by molar-refractivity contribution is -0.0444. The summed E-state index contributed by atoms with van der Waals surface area (Å²) in [6, 6.07) is 12.9. The summed E-state index contributed by atoms with van der Waals surface area (Å²) in [5.74, 6) is -0.421. The Morgan fingerprint density at radius 3 is 2.83 bits per heavy atom. The van der Waals surface area contributed by atoms with Gasteiger partial charge in [0.05, 0.1) is 19.3 Å². The lowest BCUT2D eigenvalue weighted by atomic mass is 10.1. The predicted molar refractivity (Wildman–Crippen MR) is 107 cm³/mol. The summed E-state index contributed by atoms with van der Waals surface area (Å²) in [4.78, 5) is 16.8. The number of carbonyl (C=O) groups excluding carboxylic acids is 1. The lowest BCUT2D eigenvalue weighted by Gasteiger charge is -2.35. The summed E-state index contributed by atoms with van der Waals surface area (Å²) in [7, 11) is 1.58. The number of morpholine rings is 1. The van der Waals surface area contributed by atoms with E-state index in [-0.39, 0.29) is 17.8 Å². The number of carbonyl (C=O) groups is 1. The number of hydrogen-bond acceptors (Lipinski definition) is 5. The highest BCUT2D eigenvalue weighted by atomic mass is 19.1. The number of hydrogen-bond donors (Lipinski definition) is 1. The summed E-state index contributed by atoms with van der Waals surface area (Å²) < 4.78 is 24.6. The van der Waals surface area contributed by atoms with Crippen LogP contribution < -0.4 is 0 Å². The van der Waals surface area contributed by atoms with Crippen LogP contribution in [-0.4, -0.2) is 73.4 Å². The van der Waals surface area contributed by atoms with E-state index in [2.05, 4.69) is 4.90 Å². The van der Waals surface area contributed by atoms with Gasteiger partial charge >= 0.3 is 0 Å². The molecule has 1 fully saturated rings. The smallest absolute Gasteiger partial charge is 0.254 e. The monoisotopic (exact) mass is 402 g/mol. The zero-order valence-corrected chi connectivity index (χ0v) is 16.6. The van der Waals surface area contributed by atoms with Crippen LogP contribution >= 0.6 is 0 Å². The molecule has 1 aliphatic heterocycles. The fourth-order valence-corrected chi connectivity index (χ4v) is 3.42. The Hall–Kier alpha value is -2.48. The summed E-state index contributed by atoms with van der Waals surface area (Å²) in [5, 5.41) is 9.43. The van der Waals surface area contributed by atoms with Crippen molar-refractivity contribution in [2.75, 3.05) is 46.5 Å². The van der Waals surface area contributed by atoms with Crippen LogP contribution in [0.25, 0.3) is 0 Å². The molecule has 3 rings (SSSR count). The van der Waals surface area contributed by atoms with Crippen LogP contribution in [0.4, 0.5) is 4.39 Å². The van der Waals surface area contributed by atoms with Gasteiger partial charge in [0.25, 0.3) is 5.91 Å². The van der Waals surface area contributed by atoms with Crippen molar-refractivity contribution in [1.29, 1.82) is 0 Å². The lowest BCUT2D eigenvalue weighted by Crippen LogP contribution is -2.49. The molecule has 1 N–H and O–H groups in total. The maximum Gasteiger partial charge on any atom is 0.254 e. The molecule has 0 aromatic heterocycles. The average Bonchev–Trinajstić information content (AvgIpc) is 2.72. The highest BCUT2D eigenvalue weighted by Crippen LogP contribution is 2.16. The molecule has 1 heterocycles. The summed E-state index contributed by atoms with van der Waals surface area (Å²) in [6.07, 6.45) is -0.143. The standard InChI is InChI=1S/C22H27FN2O4/c1-28-11-10-25(22(27)18-3-2-4-19(23)13-18)16-21-15-24(9-12-29-21)14-17-5-7-20(26)8-6-17/h2-8,13,21,26H,9-12,14-16H2,1H3. The van der Waals surface area contributed by atoms with Gasteiger partial charge in [-0.15, -0.1) is 0 Å². The molecular formula is C22H27FN2O4. The normalized spacial score (nSPS) is 17.2. The van der Waals surface area contributed by atoms with Crippen molar-refractivity contribution >= 4 is 5.91 Å². The molecule has 0 bridgehead atoms. The van der Waals surface area contributed by atoms with Crippen LogP contribution in [0.5, 0.6) is 5.75 Å². The third kappa shape index (κ3) is 6.25. The van der Waals surface area contributed by atoms with E-state index >= 15 is 0 Å². The van der Waals surface area contributed by atoms with E-state index in [1.807, 2.05) is 12.1 Å². The Morgan fingerprint density at radius 1 is 1.31 bits per heavy atom. The van der Waals surface area contributed by atoms with Crippen LogP contribution in [0.3, 0.4) is 0 Å². The summed E-state index contributed by atoms with van der Waals surface area (Å²) in [6.45, 7) is 4.01. The van der Waals surface area contributed by atoms with Crippen molar-refractivity contribution in [3.63, 3.8) is 0 Å². The molecule has 1 amide bonds. The number of phenols is 1. The van der Waals surface area contributed by atoms with Gasteiger partial charge in [0, 0.05) is 45.4 Å². The zero-order chi connectivity index (χ0) is 20.6. The highest BCUT2D eigenvalue weighted by molar-refractivity contribution is 5.94. The maximum absolute atomic E-state index is 13.5. The van der Waals surface area contributed by atoms with E-state index in [1.165, 1.54) is 18.2 Å². The van der Waals surface area contributed by atoms with Crippen molar-refractivity contribution < 1.29 is 23.8 Å². The van der Waals surface area contributed by atoms with Gasteiger partial charge in [-0.2, -0.15) is 0 Å². The molecule has 1 aliphatic rings. The minimum absolute atomic E-state index is 0.143. The minimum atomic E-state index is -0.434. The van der Waals surface area contributed by atoms with Gasteiger partial charge in [0.2, 0.25) is 0 Å². The van der Waals surface area contributed by atoms with Crippen molar-refractivity contribution in [3.8, 4) is 5.75 Å². The fourth-order valence-electron chi connectivity index (χ4n) is 3.42. The largest absolute Gasteiger partial charge is 0.508 e. The average molecular weight is 402 g/mol. The maximum atomic E-state index is 13.5. The number of methoxy groups -OCH3 is 1. The van der Waals surface area contributed by atoms with Crippen molar-refractivity contribution in [3.05, 3.63) is 65.5 Å². The molecule has 0 saturated carbocycles. The number of amides is 1. The fraction of sp³-hybridized carbons (Fsp3) is 0.409. The van der Waals surface area contributed by atoms with Crippen LogP contribution in [0.15, 0.2) is 48.5 Å². The summed E-state index contributed by atoms with van der Waals surface area (Å²) in [5.41, 5.74) is 1.42. The van der Waals surface area contributed by atoms with Crippen LogP contribution in [-0.2, 0) is 16.0 Å². The van der Waals surface area contributed by atoms with Gasteiger partial charge < -0.3 is 19.5 Å². The van der Waals surface area contributed by atoms with E-state index in [4.69, 9.17) is 9.47 Å². The topological polar surface area (TPSA) is 62.2 Å². The Kier molecular flexibility index (Phi) is 7.57. The zero-order valence-electron chi connectivity index (χ0n) is 16.6. The Morgan fingerprint density at radius 2 is 2.10 bits per heavy atom. The highest BCUT2D eigenvalue weighted by Gasteiger charge is 2.25. The molecule has 6 nitrogen and oxygen atoms in total. The minimum Gasteiger partial charge on any atom is -0.508 e. The molecule has 1 saturated heterocycles. The molecule has 29 heavy (non-hydrogen) atoms. The van der Waals surface area contributed by atoms with Gasteiger partial charge in [0.15, 0.2) is 0 Å². The quantitative estimate of drug-likeness (QED) is 0.735. The Bertz CT molecular complexity index is 800. The van der Waals surface area contributed by atoms with Gasteiger partial charge in [-0.1, -0.05) is 18.2 Å². The van der Waals surface area contributed by atoms with E-state index < -0.39 is 5.82 Å². The first-order chi connectivity index (χ1) is 14.0. The van der Waals surface area contributed by atoms with Gasteiger partial charge in [-0.3, -0.25) is 9.69 Å². The van der Waals surface area contributed by atoms with E-state index in [0.29, 0.717) is 38.4 Å². The molecule has 0 radical (unpaired) electrons. The van der Waals surface area contributed by atoms with Gasteiger partial charge in [0.1, 0.15) is 11.6 Å². The molecule has 1 unspecified atom stereocenters. The molecule has 2 aromatic rings. The molecule has 1 atom stereocenters. The Labute approximate surface area is 170 Å². The SMILES string of the molecule is COCCN(CC1CN(Cc2ccc(O)cc2)CCO1)C(=O)c1cccc(F)c1. The van der Waals surface area contributed by atoms with E-state index in [9.17, 15) is 14.3 Å². The first-order valence-electron chi connectivity index (χ1n) is 9.71. The molecule has 156 valence electrons. The molecule has 2 aromatic carbocycles. The van der Waals surface area contributed by atoms with Gasteiger partial charge in [-0.05, 0) is 35.9 Å². The summed E-state index contributed by atoms with van der Waals surface area (Å²) >= 11 is 0. The number of ether oxygens (including phenoxy) is 2. The van der Waals surface area contributed by atoms with Crippen molar-refractivity contribution in [2.24, 2.45) is 0 Å². The molecular weight excluding hydrogens is 375 g/mol. The van der Waals surface area contributed by atoms with E-state index in [0.717, 1.165) is 18.7 Å². The first-order valence-corrected chi connectivity index (χ1v) is 9.71. The predicted octanol–water partition coefficient (Wildman–Crippen LogP) is 2.52. The molecule has 7 heteroatoms. The number of benzene rings is 2. The number of nitrogens with zero attached hydrogens (tertiary/aromatic N) is 2. The number of halogens is 1. The van der Waals surface area contributed by atoms with Crippen LogP contribution in [0, 0.1) is 5.82 Å². The Balaban J connectivity index is 1.63. The third-order valence-electron chi connectivity index (χ3n) is 4.91. The molecule has 0 spiro atoms. The molecule has 0 aliphatic carbocycles. The second-order valence-corrected chi connectivity index (χ2v) is 7.15.